The Morgan fingerprint density at radius 1 is 0.943 bits per heavy atom. The number of hydrogen-bond donors (Lipinski definition) is 1. The highest BCUT2D eigenvalue weighted by Crippen LogP contribution is 2.35. The van der Waals surface area contributed by atoms with Crippen molar-refractivity contribution in [2.24, 2.45) is 5.92 Å². The summed E-state index contributed by atoms with van der Waals surface area (Å²) in [6, 6.07) is 22.3. The number of carbonyl (C=O) groups is 2. The molecule has 5 heteroatoms. The smallest absolute Gasteiger partial charge is 0.271 e. The Labute approximate surface area is 208 Å². The van der Waals surface area contributed by atoms with Crippen LogP contribution in [0.4, 0.5) is 0 Å². The molecule has 35 heavy (non-hydrogen) atoms. The summed E-state index contributed by atoms with van der Waals surface area (Å²) in [7, 11) is 0. The minimum atomic E-state index is -1.00. The molecule has 2 amide bonds. The molecule has 0 unspecified atom stereocenters. The number of aromatic nitrogens is 1. The van der Waals surface area contributed by atoms with Gasteiger partial charge in [0.2, 0.25) is 5.91 Å². The van der Waals surface area contributed by atoms with Gasteiger partial charge in [0.15, 0.2) is 0 Å². The Balaban J connectivity index is 1.53. The third-order valence-electron chi connectivity index (χ3n) is 8.01. The summed E-state index contributed by atoms with van der Waals surface area (Å²) in [5.41, 5.74) is 3.83. The van der Waals surface area contributed by atoms with E-state index in [1.54, 1.807) is 4.90 Å². The largest absolute Gasteiger partial charge is 0.351 e. The molecular weight excluding hydrogens is 434 g/mol. The van der Waals surface area contributed by atoms with Crippen LogP contribution in [-0.2, 0) is 17.9 Å². The minimum absolute atomic E-state index is 0.0580. The monoisotopic (exact) mass is 469 g/mol. The molecule has 5 nitrogen and oxygen atoms in total. The van der Waals surface area contributed by atoms with E-state index in [-0.39, 0.29) is 17.9 Å². The van der Waals surface area contributed by atoms with Gasteiger partial charge in [-0.25, -0.2) is 0 Å². The molecule has 2 heterocycles. The highest BCUT2D eigenvalue weighted by molar-refractivity contribution is 6.00. The van der Waals surface area contributed by atoms with E-state index in [1.165, 1.54) is 0 Å². The van der Waals surface area contributed by atoms with Gasteiger partial charge in [-0.05, 0) is 74.3 Å². The van der Waals surface area contributed by atoms with Gasteiger partial charge >= 0.3 is 0 Å². The highest BCUT2D eigenvalue weighted by Gasteiger charge is 2.48. The third kappa shape index (κ3) is 4.40. The fourth-order valence-electron chi connectivity index (χ4n) is 5.59. The van der Waals surface area contributed by atoms with Crippen LogP contribution in [0.1, 0.15) is 61.1 Å². The zero-order valence-corrected chi connectivity index (χ0v) is 21.0. The van der Waals surface area contributed by atoms with E-state index in [0.717, 1.165) is 48.1 Å². The summed E-state index contributed by atoms with van der Waals surface area (Å²) in [5.74, 6) is 0.553. The van der Waals surface area contributed by atoms with Crippen molar-refractivity contribution in [3.63, 3.8) is 0 Å². The number of rotatable bonds is 5. The second-order valence-corrected chi connectivity index (χ2v) is 10.6. The van der Waals surface area contributed by atoms with Crippen LogP contribution in [-0.4, -0.2) is 32.9 Å². The number of carbonyl (C=O) groups excluding carboxylic acids is 2. The minimum Gasteiger partial charge on any atom is -0.351 e. The second-order valence-electron chi connectivity index (χ2n) is 10.6. The topological polar surface area (TPSA) is 54.3 Å². The summed E-state index contributed by atoms with van der Waals surface area (Å²) < 4.78 is 2.04. The standard InChI is InChI=1S/C30H35N3O2/c1-21-13-15-25(16-14-21)31-29(35)30(3)20-32-26(23-10-5-4-6-11-23)17-18-27(32)28(34)33(30)19-24-12-8-7-9-22(24)2/h4-12,17-18,21,25H,13-16,19-20H2,1-3H3,(H,31,35)/t21?,25?,30-/m0/s1. The van der Waals surface area contributed by atoms with Gasteiger partial charge in [-0.2, -0.15) is 0 Å². The van der Waals surface area contributed by atoms with Crippen molar-refractivity contribution in [2.75, 3.05) is 0 Å². The number of hydrogen-bond acceptors (Lipinski definition) is 2. The van der Waals surface area contributed by atoms with E-state index in [9.17, 15) is 9.59 Å². The molecule has 1 N–H and O–H groups in total. The first-order chi connectivity index (χ1) is 16.9. The maximum atomic E-state index is 14.0. The molecule has 1 atom stereocenters. The average Bonchev–Trinajstić information content (AvgIpc) is 3.28. The Bertz CT molecular complexity index is 1220. The first-order valence-electron chi connectivity index (χ1n) is 12.8. The predicted octanol–water partition coefficient (Wildman–Crippen LogP) is 5.57. The normalized spacial score (nSPS) is 24.2. The average molecular weight is 470 g/mol. The van der Waals surface area contributed by atoms with E-state index in [4.69, 9.17) is 0 Å². The van der Waals surface area contributed by atoms with Crippen LogP contribution in [0.3, 0.4) is 0 Å². The van der Waals surface area contributed by atoms with Crippen molar-refractivity contribution in [3.05, 3.63) is 83.6 Å². The molecule has 0 saturated heterocycles. The lowest BCUT2D eigenvalue weighted by Crippen LogP contribution is -2.64. The summed E-state index contributed by atoms with van der Waals surface area (Å²) in [6.07, 6.45) is 4.26. The van der Waals surface area contributed by atoms with Crippen LogP contribution in [0.2, 0.25) is 0 Å². The van der Waals surface area contributed by atoms with Gasteiger partial charge in [0.25, 0.3) is 5.91 Å². The summed E-state index contributed by atoms with van der Waals surface area (Å²) in [4.78, 5) is 29.7. The van der Waals surface area contributed by atoms with E-state index < -0.39 is 5.54 Å². The lowest BCUT2D eigenvalue weighted by Gasteiger charge is -2.45. The molecule has 1 aromatic heterocycles. The summed E-state index contributed by atoms with van der Waals surface area (Å²) >= 11 is 0. The van der Waals surface area contributed by atoms with Gasteiger partial charge in [0.1, 0.15) is 11.2 Å². The van der Waals surface area contributed by atoms with Crippen LogP contribution in [0.15, 0.2) is 66.7 Å². The second kappa shape index (κ2) is 9.37. The molecule has 2 aromatic carbocycles. The van der Waals surface area contributed by atoms with Crippen LogP contribution < -0.4 is 5.32 Å². The van der Waals surface area contributed by atoms with E-state index in [1.807, 2.05) is 72.2 Å². The molecule has 3 aromatic rings. The van der Waals surface area contributed by atoms with Gasteiger partial charge in [-0.3, -0.25) is 9.59 Å². The van der Waals surface area contributed by atoms with E-state index in [2.05, 4.69) is 25.2 Å². The van der Waals surface area contributed by atoms with Crippen molar-refractivity contribution >= 4 is 11.8 Å². The number of amides is 2. The number of benzene rings is 2. The van der Waals surface area contributed by atoms with Crippen LogP contribution in [0.5, 0.6) is 0 Å². The maximum absolute atomic E-state index is 14.0. The molecule has 1 aliphatic carbocycles. The molecule has 2 aliphatic rings. The molecule has 0 radical (unpaired) electrons. The molecule has 0 bridgehead atoms. The van der Waals surface area contributed by atoms with Gasteiger partial charge in [0, 0.05) is 18.3 Å². The predicted molar refractivity (Wildman–Crippen MR) is 139 cm³/mol. The first kappa shape index (κ1) is 23.4. The number of aryl methyl sites for hydroxylation is 1. The zero-order valence-electron chi connectivity index (χ0n) is 21.0. The molecule has 1 fully saturated rings. The SMILES string of the molecule is Cc1ccccc1CN1C(=O)c2ccc(-c3ccccc3)n2C[C@@]1(C)C(=O)NC1CCC(C)CC1. The van der Waals surface area contributed by atoms with Crippen molar-refractivity contribution in [2.45, 2.75) is 71.1 Å². The van der Waals surface area contributed by atoms with Gasteiger partial charge in [0.05, 0.1) is 6.54 Å². The fraction of sp³-hybridized carbons (Fsp3) is 0.400. The Hall–Kier alpha value is -3.34. The lowest BCUT2D eigenvalue weighted by molar-refractivity contribution is -0.134. The van der Waals surface area contributed by atoms with Gasteiger partial charge in [-0.1, -0.05) is 61.5 Å². The highest BCUT2D eigenvalue weighted by atomic mass is 16.2. The first-order valence-corrected chi connectivity index (χ1v) is 12.8. The fourth-order valence-corrected chi connectivity index (χ4v) is 5.59. The Kier molecular flexibility index (Phi) is 6.26. The number of nitrogens with one attached hydrogen (secondary N) is 1. The van der Waals surface area contributed by atoms with E-state index in [0.29, 0.717) is 24.7 Å². The molecule has 0 spiro atoms. The van der Waals surface area contributed by atoms with Gasteiger partial charge < -0.3 is 14.8 Å². The van der Waals surface area contributed by atoms with E-state index >= 15 is 0 Å². The third-order valence-corrected chi connectivity index (χ3v) is 8.01. The molecule has 5 rings (SSSR count). The Morgan fingerprint density at radius 3 is 2.31 bits per heavy atom. The number of fused-ring (bicyclic) bond motifs is 1. The van der Waals surface area contributed by atoms with Crippen LogP contribution in [0, 0.1) is 12.8 Å². The molecule has 182 valence electrons. The zero-order chi connectivity index (χ0) is 24.6. The van der Waals surface area contributed by atoms with Crippen molar-refractivity contribution in [1.82, 2.24) is 14.8 Å². The van der Waals surface area contributed by atoms with Crippen molar-refractivity contribution in [3.8, 4) is 11.3 Å². The quantitative estimate of drug-likeness (QED) is 0.531. The summed E-state index contributed by atoms with van der Waals surface area (Å²) in [5, 5.41) is 3.34. The van der Waals surface area contributed by atoms with Gasteiger partial charge in [-0.15, -0.1) is 0 Å². The number of nitrogens with zero attached hydrogens (tertiary/aromatic N) is 2. The van der Waals surface area contributed by atoms with Crippen molar-refractivity contribution in [1.29, 1.82) is 0 Å². The van der Waals surface area contributed by atoms with Crippen LogP contribution >= 0.6 is 0 Å². The van der Waals surface area contributed by atoms with Crippen LogP contribution in [0.25, 0.3) is 11.3 Å². The molecule has 1 saturated carbocycles. The summed E-state index contributed by atoms with van der Waals surface area (Å²) in [6.45, 7) is 7.10. The maximum Gasteiger partial charge on any atom is 0.271 e. The lowest BCUT2D eigenvalue weighted by atomic mass is 9.86. The Morgan fingerprint density at radius 2 is 1.60 bits per heavy atom. The molecule has 1 aliphatic heterocycles. The molecular formula is C30H35N3O2. The van der Waals surface area contributed by atoms with Crippen molar-refractivity contribution < 1.29 is 9.59 Å².